The Balaban J connectivity index is 1.66. The fraction of sp³-hybridized carbons (Fsp3) is 0.318. The lowest BCUT2D eigenvalue weighted by Gasteiger charge is -2.11. The lowest BCUT2D eigenvalue weighted by molar-refractivity contribution is -0.113. The predicted molar refractivity (Wildman–Crippen MR) is 127 cm³/mol. The number of anilines is 1. The Kier molecular flexibility index (Phi) is 8.23. The number of nitrogens with one attached hydrogen (secondary N) is 1. The number of carbonyl (C=O) groups is 1. The lowest BCUT2D eigenvalue weighted by Crippen LogP contribution is -2.15. The van der Waals surface area contributed by atoms with Gasteiger partial charge in [0.2, 0.25) is 5.91 Å². The summed E-state index contributed by atoms with van der Waals surface area (Å²) in [6, 6.07) is 12.9. The fourth-order valence-corrected chi connectivity index (χ4v) is 4.07. The van der Waals surface area contributed by atoms with Crippen LogP contribution in [0.3, 0.4) is 0 Å². The highest BCUT2D eigenvalue weighted by molar-refractivity contribution is 7.99. The summed E-state index contributed by atoms with van der Waals surface area (Å²) in [5, 5.41) is 12.8. The van der Waals surface area contributed by atoms with E-state index in [0.29, 0.717) is 40.0 Å². The Morgan fingerprint density at radius 1 is 1.13 bits per heavy atom. The summed E-state index contributed by atoms with van der Waals surface area (Å²) in [5.41, 5.74) is 1.35. The monoisotopic (exact) mass is 478 g/mol. The molecule has 3 aromatic rings. The number of nitrogens with zero attached hydrogens (tertiary/aromatic N) is 3. The standard InChI is InChI=1S/C22H24Cl2N4O2S/c1-4-28-21(15-8-10-16(11-9-15)30-12-14(2)3)26-27-22(28)31-13-19(29)25-20-17(23)6-5-7-18(20)24/h5-11,14H,4,12-13H2,1-3H3,(H,25,29). The summed E-state index contributed by atoms with van der Waals surface area (Å²) in [6.45, 7) is 7.59. The minimum atomic E-state index is -0.223. The van der Waals surface area contributed by atoms with Crippen LogP contribution in [-0.2, 0) is 11.3 Å². The van der Waals surface area contributed by atoms with E-state index < -0.39 is 0 Å². The maximum atomic E-state index is 12.4. The number of halogens is 2. The van der Waals surface area contributed by atoms with E-state index in [9.17, 15) is 4.79 Å². The SMILES string of the molecule is CCn1c(SCC(=O)Nc2c(Cl)cccc2Cl)nnc1-c1ccc(OCC(C)C)cc1. The summed E-state index contributed by atoms with van der Waals surface area (Å²) >= 11 is 13.5. The molecule has 0 fully saturated rings. The first-order valence-corrected chi connectivity index (χ1v) is 11.7. The van der Waals surface area contributed by atoms with Gasteiger partial charge in [-0.1, -0.05) is 54.9 Å². The van der Waals surface area contributed by atoms with E-state index in [1.165, 1.54) is 11.8 Å². The number of benzene rings is 2. The third-order valence-electron chi connectivity index (χ3n) is 4.29. The van der Waals surface area contributed by atoms with Crippen LogP contribution in [-0.4, -0.2) is 33.0 Å². The van der Waals surface area contributed by atoms with Gasteiger partial charge in [-0.15, -0.1) is 10.2 Å². The largest absolute Gasteiger partial charge is 0.493 e. The van der Waals surface area contributed by atoms with Crippen molar-refractivity contribution >= 4 is 46.6 Å². The quantitative estimate of drug-likeness (QED) is 0.379. The molecule has 0 aliphatic heterocycles. The number of ether oxygens (including phenoxy) is 1. The Labute approximate surface area is 196 Å². The molecule has 2 aromatic carbocycles. The first kappa shape index (κ1) is 23.4. The van der Waals surface area contributed by atoms with Crippen LogP contribution >= 0.6 is 35.0 Å². The van der Waals surface area contributed by atoms with Crippen LogP contribution in [0.1, 0.15) is 20.8 Å². The molecule has 31 heavy (non-hydrogen) atoms. The zero-order valence-electron chi connectivity index (χ0n) is 17.6. The predicted octanol–water partition coefficient (Wildman–Crippen LogP) is 6.04. The van der Waals surface area contributed by atoms with Crippen molar-refractivity contribution in [3.05, 3.63) is 52.5 Å². The van der Waals surface area contributed by atoms with Crippen LogP contribution in [0.25, 0.3) is 11.4 Å². The molecule has 164 valence electrons. The van der Waals surface area contributed by atoms with Gasteiger partial charge in [-0.25, -0.2) is 0 Å². The molecular formula is C22H24Cl2N4O2S. The van der Waals surface area contributed by atoms with Crippen LogP contribution in [0.4, 0.5) is 5.69 Å². The smallest absolute Gasteiger partial charge is 0.234 e. The summed E-state index contributed by atoms with van der Waals surface area (Å²) in [4.78, 5) is 12.4. The number of hydrogen-bond donors (Lipinski definition) is 1. The Bertz CT molecular complexity index is 1020. The average molecular weight is 479 g/mol. The molecule has 0 unspecified atom stereocenters. The molecule has 6 nitrogen and oxygen atoms in total. The number of hydrogen-bond acceptors (Lipinski definition) is 5. The first-order valence-electron chi connectivity index (χ1n) is 9.92. The first-order chi connectivity index (χ1) is 14.9. The minimum Gasteiger partial charge on any atom is -0.493 e. The van der Waals surface area contributed by atoms with Gasteiger partial charge in [-0.05, 0) is 49.2 Å². The van der Waals surface area contributed by atoms with Crippen molar-refractivity contribution in [2.75, 3.05) is 17.7 Å². The second-order valence-electron chi connectivity index (χ2n) is 7.21. The summed E-state index contributed by atoms with van der Waals surface area (Å²) in [6.07, 6.45) is 0. The van der Waals surface area contributed by atoms with Crippen LogP contribution in [0, 0.1) is 5.92 Å². The summed E-state index contributed by atoms with van der Waals surface area (Å²) in [7, 11) is 0. The molecule has 0 bridgehead atoms. The minimum absolute atomic E-state index is 0.154. The molecule has 0 aliphatic carbocycles. The maximum absolute atomic E-state index is 12.4. The third-order valence-corrected chi connectivity index (χ3v) is 5.89. The summed E-state index contributed by atoms with van der Waals surface area (Å²) in [5.74, 6) is 1.97. The van der Waals surface area contributed by atoms with Crippen molar-refractivity contribution in [2.45, 2.75) is 32.5 Å². The Hall–Kier alpha value is -2.22. The number of amides is 1. The Morgan fingerprint density at radius 2 is 1.81 bits per heavy atom. The van der Waals surface area contributed by atoms with Gasteiger partial charge in [-0.3, -0.25) is 4.79 Å². The molecule has 9 heteroatoms. The van der Waals surface area contributed by atoms with Gasteiger partial charge >= 0.3 is 0 Å². The molecule has 0 saturated heterocycles. The molecule has 1 heterocycles. The number of para-hydroxylation sites is 1. The number of thioether (sulfide) groups is 1. The van der Waals surface area contributed by atoms with Gasteiger partial charge in [0.15, 0.2) is 11.0 Å². The maximum Gasteiger partial charge on any atom is 0.234 e. The number of rotatable bonds is 9. The summed E-state index contributed by atoms with van der Waals surface area (Å²) < 4.78 is 7.72. The molecular weight excluding hydrogens is 455 g/mol. The normalized spacial score (nSPS) is 11.0. The van der Waals surface area contributed by atoms with Crippen molar-refractivity contribution in [1.82, 2.24) is 14.8 Å². The van der Waals surface area contributed by atoms with Crippen LogP contribution < -0.4 is 10.1 Å². The van der Waals surface area contributed by atoms with E-state index in [-0.39, 0.29) is 11.7 Å². The van der Waals surface area contributed by atoms with Gasteiger partial charge in [0.25, 0.3) is 0 Å². The Morgan fingerprint density at radius 3 is 2.42 bits per heavy atom. The average Bonchev–Trinajstić information content (AvgIpc) is 3.16. The second kappa shape index (κ2) is 10.9. The molecule has 1 amide bonds. The zero-order valence-corrected chi connectivity index (χ0v) is 19.9. The van der Waals surface area contributed by atoms with Crippen LogP contribution in [0.15, 0.2) is 47.6 Å². The third kappa shape index (κ3) is 6.15. The van der Waals surface area contributed by atoms with Gasteiger partial charge in [0, 0.05) is 12.1 Å². The van der Waals surface area contributed by atoms with Crippen molar-refractivity contribution < 1.29 is 9.53 Å². The van der Waals surface area contributed by atoms with Crippen LogP contribution in [0.2, 0.25) is 10.0 Å². The number of aromatic nitrogens is 3. The lowest BCUT2D eigenvalue weighted by atomic mass is 10.2. The highest BCUT2D eigenvalue weighted by Crippen LogP contribution is 2.30. The van der Waals surface area contributed by atoms with Crippen molar-refractivity contribution in [3.63, 3.8) is 0 Å². The van der Waals surface area contributed by atoms with Gasteiger partial charge in [-0.2, -0.15) is 0 Å². The molecule has 0 aliphatic rings. The molecule has 1 N–H and O–H groups in total. The van der Waals surface area contributed by atoms with E-state index in [2.05, 4.69) is 29.4 Å². The van der Waals surface area contributed by atoms with Gasteiger partial charge < -0.3 is 14.6 Å². The second-order valence-corrected chi connectivity index (χ2v) is 8.97. The van der Waals surface area contributed by atoms with Crippen LogP contribution in [0.5, 0.6) is 5.75 Å². The number of carbonyl (C=O) groups excluding carboxylic acids is 1. The molecule has 0 saturated carbocycles. The zero-order chi connectivity index (χ0) is 22.4. The highest BCUT2D eigenvalue weighted by Gasteiger charge is 2.16. The van der Waals surface area contributed by atoms with E-state index in [0.717, 1.165) is 17.1 Å². The van der Waals surface area contributed by atoms with Gasteiger partial charge in [0.1, 0.15) is 5.75 Å². The van der Waals surface area contributed by atoms with E-state index in [1.54, 1.807) is 18.2 Å². The molecule has 0 spiro atoms. The molecule has 1 aromatic heterocycles. The van der Waals surface area contributed by atoms with E-state index in [4.69, 9.17) is 27.9 Å². The van der Waals surface area contributed by atoms with Crippen molar-refractivity contribution in [2.24, 2.45) is 5.92 Å². The van der Waals surface area contributed by atoms with E-state index in [1.807, 2.05) is 35.8 Å². The topological polar surface area (TPSA) is 69.0 Å². The molecule has 3 rings (SSSR count). The van der Waals surface area contributed by atoms with Gasteiger partial charge in [0.05, 0.1) is 28.1 Å². The molecule has 0 radical (unpaired) electrons. The molecule has 0 atom stereocenters. The fourth-order valence-electron chi connectivity index (χ4n) is 2.78. The van der Waals surface area contributed by atoms with E-state index >= 15 is 0 Å². The van der Waals surface area contributed by atoms with Crippen molar-refractivity contribution in [3.8, 4) is 17.1 Å². The highest BCUT2D eigenvalue weighted by atomic mass is 35.5. The van der Waals surface area contributed by atoms with Crippen molar-refractivity contribution in [1.29, 1.82) is 0 Å².